The zero-order chi connectivity index (χ0) is 9.68. The molecule has 0 spiro atoms. The van der Waals surface area contributed by atoms with Gasteiger partial charge in [-0.1, -0.05) is 0 Å². The number of carbonyl (C=O) groups is 1. The van der Waals surface area contributed by atoms with Crippen molar-refractivity contribution in [2.45, 2.75) is 19.3 Å². The predicted octanol–water partition coefficient (Wildman–Crippen LogP) is 0.132. The number of aliphatic carboxylic acids is 1. The molecule has 76 valence electrons. The molecule has 0 aliphatic carbocycles. The lowest BCUT2D eigenvalue weighted by Crippen LogP contribution is -2.39. The van der Waals surface area contributed by atoms with E-state index >= 15 is 0 Å². The molecular weight excluding hydrogens is 168 g/mol. The topological polar surface area (TPSA) is 66.6 Å². The van der Waals surface area contributed by atoms with Crippen molar-refractivity contribution in [1.82, 2.24) is 4.90 Å². The molecule has 1 rings (SSSR count). The highest BCUT2D eigenvalue weighted by Crippen LogP contribution is 2.18. The SMILES string of the molecule is NCCC1CCCN(CC(=O)O)C1. The third kappa shape index (κ3) is 3.74. The van der Waals surface area contributed by atoms with Crippen molar-refractivity contribution in [2.24, 2.45) is 11.7 Å². The zero-order valence-corrected chi connectivity index (χ0v) is 7.91. The van der Waals surface area contributed by atoms with E-state index in [1.54, 1.807) is 0 Å². The highest BCUT2D eigenvalue weighted by molar-refractivity contribution is 5.69. The van der Waals surface area contributed by atoms with Crippen molar-refractivity contribution in [1.29, 1.82) is 0 Å². The van der Waals surface area contributed by atoms with Crippen LogP contribution in [0.1, 0.15) is 19.3 Å². The molecule has 1 aliphatic rings. The maximum absolute atomic E-state index is 10.5. The molecule has 0 saturated carbocycles. The molecule has 0 aromatic heterocycles. The van der Waals surface area contributed by atoms with Crippen molar-refractivity contribution in [2.75, 3.05) is 26.2 Å². The Hall–Kier alpha value is -0.610. The molecule has 0 radical (unpaired) electrons. The summed E-state index contributed by atoms with van der Waals surface area (Å²) in [6, 6.07) is 0. The van der Waals surface area contributed by atoms with Crippen LogP contribution in [0.25, 0.3) is 0 Å². The van der Waals surface area contributed by atoms with E-state index in [0.29, 0.717) is 12.5 Å². The average Bonchev–Trinajstić information content (AvgIpc) is 2.04. The summed E-state index contributed by atoms with van der Waals surface area (Å²) in [7, 11) is 0. The minimum absolute atomic E-state index is 0.182. The van der Waals surface area contributed by atoms with Crippen LogP contribution in [-0.2, 0) is 4.79 Å². The van der Waals surface area contributed by atoms with Crippen LogP contribution in [0.4, 0.5) is 0 Å². The van der Waals surface area contributed by atoms with Crippen LogP contribution in [-0.4, -0.2) is 42.2 Å². The van der Waals surface area contributed by atoms with Gasteiger partial charge in [0.25, 0.3) is 0 Å². The van der Waals surface area contributed by atoms with Crippen molar-refractivity contribution < 1.29 is 9.90 Å². The fourth-order valence-corrected chi connectivity index (χ4v) is 1.96. The van der Waals surface area contributed by atoms with Crippen LogP contribution in [0.5, 0.6) is 0 Å². The summed E-state index contributed by atoms with van der Waals surface area (Å²) in [5.41, 5.74) is 5.47. The fraction of sp³-hybridized carbons (Fsp3) is 0.889. The molecule has 1 unspecified atom stereocenters. The molecule has 13 heavy (non-hydrogen) atoms. The van der Waals surface area contributed by atoms with E-state index in [1.807, 2.05) is 4.90 Å². The highest BCUT2D eigenvalue weighted by Gasteiger charge is 2.20. The number of hydrogen-bond donors (Lipinski definition) is 2. The normalized spacial score (nSPS) is 24.5. The summed E-state index contributed by atoms with van der Waals surface area (Å²) in [6.45, 7) is 2.73. The molecular formula is C9H18N2O2. The molecule has 4 heteroatoms. The third-order valence-electron chi connectivity index (χ3n) is 2.54. The van der Waals surface area contributed by atoms with E-state index in [-0.39, 0.29) is 6.54 Å². The summed E-state index contributed by atoms with van der Waals surface area (Å²) in [5, 5.41) is 8.62. The molecule has 0 aromatic carbocycles. The van der Waals surface area contributed by atoms with Gasteiger partial charge >= 0.3 is 5.97 Å². The molecule has 0 aromatic rings. The Morgan fingerprint density at radius 1 is 1.62 bits per heavy atom. The lowest BCUT2D eigenvalue weighted by Gasteiger charge is -2.31. The van der Waals surface area contributed by atoms with E-state index < -0.39 is 5.97 Å². The number of likely N-dealkylation sites (tertiary alicyclic amines) is 1. The smallest absolute Gasteiger partial charge is 0.317 e. The van der Waals surface area contributed by atoms with Gasteiger partial charge in [0.15, 0.2) is 0 Å². The van der Waals surface area contributed by atoms with E-state index in [9.17, 15) is 4.79 Å². The van der Waals surface area contributed by atoms with Crippen molar-refractivity contribution in [3.8, 4) is 0 Å². The van der Waals surface area contributed by atoms with Crippen molar-refractivity contribution in [3.63, 3.8) is 0 Å². The number of piperidine rings is 1. The molecule has 3 N–H and O–H groups in total. The molecule has 1 saturated heterocycles. The molecule has 1 aliphatic heterocycles. The van der Waals surface area contributed by atoms with E-state index in [0.717, 1.165) is 25.9 Å². The third-order valence-corrected chi connectivity index (χ3v) is 2.54. The Labute approximate surface area is 78.7 Å². The van der Waals surface area contributed by atoms with E-state index in [2.05, 4.69) is 0 Å². The van der Waals surface area contributed by atoms with Gasteiger partial charge in [-0.05, 0) is 38.3 Å². The van der Waals surface area contributed by atoms with Crippen LogP contribution < -0.4 is 5.73 Å². The van der Waals surface area contributed by atoms with E-state index in [4.69, 9.17) is 10.8 Å². The lowest BCUT2D eigenvalue weighted by molar-refractivity contribution is -0.138. The summed E-state index contributed by atoms with van der Waals surface area (Å²) in [4.78, 5) is 12.5. The molecule has 1 fully saturated rings. The number of nitrogens with two attached hydrogens (primary N) is 1. The van der Waals surface area contributed by atoms with Crippen molar-refractivity contribution >= 4 is 5.97 Å². The highest BCUT2D eigenvalue weighted by atomic mass is 16.4. The quantitative estimate of drug-likeness (QED) is 0.655. The van der Waals surface area contributed by atoms with Crippen LogP contribution in [0, 0.1) is 5.92 Å². The maximum atomic E-state index is 10.5. The Bertz CT molecular complexity index is 171. The van der Waals surface area contributed by atoms with Crippen LogP contribution >= 0.6 is 0 Å². The van der Waals surface area contributed by atoms with Gasteiger partial charge in [0, 0.05) is 6.54 Å². The van der Waals surface area contributed by atoms with Gasteiger partial charge in [0.2, 0.25) is 0 Å². The predicted molar refractivity (Wildman–Crippen MR) is 50.5 cm³/mol. The van der Waals surface area contributed by atoms with Gasteiger partial charge < -0.3 is 10.8 Å². The Morgan fingerprint density at radius 2 is 2.38 bits per heavy atom. The first-order valence-electron chi connectivity index (χ1n) is 4.86. The van der Waals surface area contributed by atoms with Crippen LogP contribution in [0.2, 0.25) is 0 Å². The molecule has 1 atom stereocenters. The van der Waals surface area contributed by atoms with E-state index in [1.165, 1.54) is 6.42 Å². The van der Waals surface area contributed by atoms with Gasteiger partial charge in [-0.3, -0.25) is 9.69 Å². The van der Waals surface area contributed by atoms with Crippen molar-refractivity contribution in [3.05, 3.63) is 0 Å². The molecule has 0 bridgehead atoms. The lowest BCUT2D eigenvalue weighted by atomic mass is 9.95. The summed E-state index contributed by atoms with van der Waals surface area (Å²) < 4.78 is 0. The standard InChI is InChI=1S/C9H18N2O2/c10-4-3-8-2-1-5-11(6-8)7-9(12)13/h8H,1-7,10H2,(H,12,13). The maximum Gasteiger partial charge on any atom is 0.317 e. The van der Waals surface area contributed by atoms with Crippen LogP contribution in [0.3, 0.4) is 0 Å². The largest absolute Gasteiger partial charge is 0.480 e. The van der Waals surface area contributed by atoms with Gasteiger partial charge in [0.1, 0.15) is 0 Å². The van der Waals surface area contributed by atoms with Gasteiger partial charge in [-0.15, -0.1) is 0 Å². The minimum Gasteiger partial charge on any atom is -0.480 e. The Morgan fingerprint density at radius 3 is 3.00 bits per heavy atom. The second-order valence-corrected chi connectivity index (χ2v) is 3.71. The first kappa shape index (κ1) is 10.5. The average molecular weight is 186 g/mol. The first-order valence-corrected chi connectivity index (χ1v) is 4.86. The van der Waals surface area contributed by atoms with Gasteiger partial charge in [-0.25, -0.2) is 0 Å². The first-order chi connectivity index (χ1) is 6.22. The Balaban J connectivity index is 2.28. The molecule has 1 heterocycles. The monoisotopic (exact) mass is 186 g/mol. The number of carboxylic acids is 1. The number of carboxylic acid groups (broad SMARTS) is 1. The molecule has 4 nitrogen and oxygen atoms in total. The van der Waals surface area contributed by atoms with Gasteiger partial charge in [0.05, 0.1) is 6.54 Å². The molecule has 0 amide bonds. The summed E-state index contributed by atoms with van der Waals surface area (Å²) in [6.07, 6.45) is 3.33. The summed E-state index contributed by atoms with van der Waals surface area (Å²) >= 11 is 0. The number of rotatable bonds is 4. The summed E-state index contributed by atoms with van der Waals surface area (Å²) in [5.74, 6) is -0.119. The Kier molecular flexibility index (Phi) is 4.18. The zero-order valence-electron chi connectivity index (χ0n) is 7.91. The number of nitrogens with zero attached hydrogens (tertiary/aromatic N) is 1. The minimum atomic E-state index is -0.728. The van der Waals surface area contributed by atoms with Gasteiger partial charge in [-0.2, -0.15) is 0 Å². The van der Waals surface area contributed by atoms with Crippen LogP contribution in [0.15, 0.2) is 0 Å². The second-order valence-electron chi connectivity index (χ2n) is 3.71. The second kappa shape index (κ2) is 5.19. The number of hydrogen-bond acceptors (Lipinski definition) is 3. The fourth-order valence-electron chi connectivity index (χ4n) is 1.96.